The molecule has 1 N–H and O–H groups in total. The largest absolute Gasteiger partial charge is 0.351 e. The van der Waals surface area contributed by atoms with Gasteiger partial charge in [-0.1, -0.05) is 12.1 Å². The number of benzene rings is 1. The molecule has 5 heteroatoms. The average molecular weight is 276 g/mol. The van der Waals surface area contributed by atoms with Gasteiger partial charge in [0.05, 0.1) is 5.41 Å². The molecule has 1 atom stereocenters. The van der Waals surface area contributed by atoms with Crippen LogP contribution >= 0.6 is 23.2 Å². The fraction of sp³-hybridized carbons (Fsp3) is 0.417. The van der Waals surface area contributed by atoms with Gasteiger partial charge in [-0.25, -0.2) is 4.39 Å². The van der Waals surface area contributed by atoms with Crippen molar-refractivity contribution in [2.45, 2.75) is 24.2 Å². The van der Waals surface area contributed by atoms with Crippen molar-refractivity contribution in [1.82, 2.24) is 5.32 Å². The Balaban J connectivity index is 1.91. The summed E-state index contributed by atoms with van der Waals surface area (Å²) in [5.74, 6) is -0.471. The van der Waals surface area contributed by atoms with E-state index in [0.29, 0.717) is 13.0 Å². The Hall–Kier alpha value is -0.800. The first kappa shape index (κ1) is 12.7. The van der Waals surface area contributed by atoms with Gasteiger partial charge in [-0.3, -0.25) is 4.79 Å². The van der Waals surface area contributed by atoms with Crippen molar-refractivity contribution in [2.75, 3.05) is 0 Å². The average Bonchev–Trinajstić information content (AvgIpc) is 2.78. The summed E-state index contributed by atoms with van der Waals surface area (Å²) < 4.78 is 11.7. The Bertz CT molecular complexity index is 446. The number of nitrogens with one attached hydrogen (secondary N) is 1. The highest BCUT2D eigenvalue weighted by Gasteiger charge is 2.67. The number of carbonyl (C=O) groups excluding carboxylic acids is 1. The predicted molar refractivity (Wildman–Crippen MR) is 65.4 cm³/mol. The molecule has 0 aromatic heterocycles. The van der Waals surface area contributed by atoms with Crippen LogP contribution in [0.4, 0.5) is 4.39 Å². The van der Waals surface area contributed by atoms with Gasteiger partial charge >= 0.3 is 0 Å². The second-order valence-electron chi connectivity index (χ2n) is 4.52. The molecule has 1 aromatic rings. The van der Waals surface area contributed by atoms with Crippen LogP contribution in [0.25, 0.3) is 0 Å². The lowest BCUT2D eigenvalue weighted by atomic mass is 10.1. The van der Waals surface area contributed by atoms with Crippen LogP contribution in [0.5, 0.6) is 0 Å². The van der Waals surface area contributed by atoms with Crippen LogP contribution < -0.4 is 5.32 Å². The van der Waals surface area contributed by atoms with Gasteiger partial charge in [0.25, 0.3) is 0 Å². The van der Waals surface area contributed by atoms with Crippen molar-refractivity contribution in [3.63, 3.8) is 0 Å². The van der Waals surface area contributed by atoms with E-state index in [9.17, 15) is 9.18 Å². The Labute approximate surface area is 109 Å². The normalized spacial score (nSPS) is 25.4. The van der Waals surface area contributed by atoms with Crippen LogP contribution in [0.3, 0.4) is 0 Å². The van der Waals surface area contributed by atoms with Crippen LogP contribution in [0, 0.1) is 11.2 Å². The van der Waals surface area contributed by atoms with Gasteiger partial charge < -0.3 is 5.32 Å². The maximum atomic E-state index is 12.7. The Morgan fingerprint density at radius 3 is 2.41 bits per heavy atom. The second kappa shape index (κ2) is 4.14. The number of amides is 1. The van der Waals surface area contributed by atoms with Crippen molar-refractivity contribution in [3.8, 4) is 0 Å². The lowest BCUT2D eigenvalue weighted by Crippen LogP contribution is -2.32. The summed E-state index contributed by atoms with van der Waals surface area (Å²) in [5.41, 5.74) is 0.120. The van der Waals surface area contributed by atoms with Gasteiger partial charge in [0.15, 0.2) is 0 Å². The van der Waals surface area contributed by atoms with Crippen molar-refractivity contribution >= 4 is 29.1 Å². The molecule has 1 aliphatic rings. The molecule has 1 fully saturated rings. The molecule has 0 radical (unpaired) electrons. The number of hydrogen-bond donors (Lipinski definition) is 1. The molecule has 1 amide bonds. The molecule has 0 unspecified atom stereocenters. The summed E-state index contributed by atoms with van der Waals surface area (Å²) in [6.07, 6.45) is 0.457. The molecule has 1 saturated carbocycles. The van der Waals surface area contributed by atoms with E-state index < -0.39 is 9.75 Å². The van der Waals surface area contributed by atoms with Gasteiger partial charge in [0, 0.05) is 6.54 Å². The van der Waals surface area contributed by atoms with Gasteiger partial charge in [0.1, 0.15) is 10.2 Å². The van der Waals surface area contributed by atoms with Crippen LogP contribution in [-0.4, -0.2) is 10.2 Å². The minimum absolute atomic E-state index is 0.174. The Morgan fingerprint density at radius 1 is 1.41 bits per heavy atom. The summed E-state index contributed by atoms with van der Waals surface area (Å²) in [7, 11) is 0. The van der Waals surface area contributed by atoms with Crippen LogP contribution in [-0.2, 0) is 11.3 Å². The van der Waals surface area contributed by atoms with Crippen molar-refractivity contribution in [3.05, 3.63) is 35.6 Å². The van der Waals surface area contributed by atoms with Gasteiger partial charge in [-0.2, -0.15) is 0 Å². The molecule has 2 rings (SSSR count). The zero-order valence-electron chi connectivity index (χ0n) is 9.27. The fourth-order valence-electron chi connectivity index (χ4n) is 1.63. The summed E-state index contributed by atoms with van der Waals surface area (Å²) in [5, 5.41) is 2.75. The number of alkyl halides is 2. The molecule has 2 nitrogen and oxygen atoms in total. The molecular formula is C12H12Cl2FNO. The first-order chi connectivity index (χ1) is 7.85. The van der Waals surface area contributed by atoms with Crippen molar-refractivity contribution in [2.24, 2.45) is 5.41 Å². The molecule has 17 heavy (non-hydrogen) atoms. The summed E-state index contributed by atoms with van der Waals surface area (Å²) in [6, 6.07) is 5.96. The lowest BCUT2D eigenvalue weighted by Gasteiger charge is -2.12. The highest BCUT2D eigenvalue weighted by molar-refractivity contribution is 6.53. The second-order valence-corrected chi connectivity index (χ2v) is 6.01. The van der Waals surface area contributed by atoms with E-state index >= 15 is 0 Å². The molecule has 0 saturated heterocycles. The summed E-state index contributed by atoms with van der Waals surface area (Å²) in [4.78, 5) is 11.8. The lowest BCUT2D eigenvalue weighted by molar-refractivity contribution is -0.125. The molecular weight excluding hydrogens is 264 g/mol. The number of halogens is 3. The topological polar surface area (TPSA) is 29.1 Å². The maximum Gasteiger partial charge on any atom is 0.229 e. The quantitative estimate of drug-likeness (QED) is 0.845. The first-order valence-corrected chi connectivity index (χ1v) is 6.01. The third-order valence-electron chi connectivity index (χ3n) is 3.13. The zero-order valence-corrected chi connectivity index (χ0v) is 10.8. The van der Waals surface area contributed by atoms with Crippen LogP contribution in [0.1, 0.15) is 18.9 Å². The minimum Gasteiger partial charge on any atom is -0.351 e. The molecule has 1 aromatic carbocycles. The van der Waals surface area contributed by atoms with Crippen LogP contribution in [0.2, 0.25) is 0 Å². The number of carbonyl (C=O) groups is 1. The highest BCUT2D eigenvalue weighted by Crippen LogP contribution is 2.63. The molecule has 92 valence electrons. The Morgan fingerprint density at radius 2 is 1.94 bits per heavy atom. The van der Waals surface area contributed by atoms with E-state index in [1.165, 1.54) is 12.1 Å². The smallest absolute Gasteiger partial charge is 0.229 e. The van der Waals surface area contributed by atoms with Gasteiger partial charge in [0.2, 0.25) is 5.91 Å². The molecule has 0 aliphatic heterocycles. The van der Waals surface area contributed by atoms with Crippen LogP contribution in [0.15, 0.2) is 24.3 Å². The number of rotatable bonds is 3. The van der Waals surface area contributed by atoms with Crippen molar-refractivity contribution < 1.29 is 9.18 Å². The zero-order chi connectivity index (χ0) is 12.7. The molecule has 1 aliphatic carbocycles. The third-order valence-corrected chi connectivity index (χ3v) is 4.23. The van der Waals surface area contributed by atoms with E-state index in [2.05, 4.69) is 5.32 Å². The van der Waals surface area contributed by atoms with E-state index in [-0.39, 0.29) is 11.7 Å². The minimum atomic E-state index is -0.958. The Kier molecular flexibility index (Phi) is 3.08. The van der Waals surface area contributed by atoms with E-state index in [0.717, 1.165) is 5.56 Å². The van der Waals surface area contributed by atoms with Gasteiger partial charge in [-0.05, 0) is 31.0 Å². The van der Waals surface area contributed by atoms with Gasteiger partial charge in [-0.15, -0.1) is 23.2 Å². The molecule has 0 spiro atoms. The number of hydrogen-bond acceptors (Lipinski definition) is 1. The monoisotopic (exact) mass is 275 g/mol. The first-order valence-electron chi connectivity index (χ1n) is 5.26. The summed E-state index contributed by atoms with van der Waals surface area (Å²) in [6.45, 7) is 2.07. The van der Waals surface area contributed by atoms with E-state index in [4.69, 9.17) is 23.2 Å². The van der Waals surface area contributed by atoms with Crippen molar-refractivity contribution in [1.29, 1.82) is 0 Å². The SMILES string of the molecule is C[C@@]1(C(=O)NCc2ccc(F)cc2)CC1(Cl)Cl. The maximum absolute atomic E-state index is 12.7. The molecule has 0 heterocycles. The van der Waals surface area contributed by atoms with E-state index in [1.54, 1.807) is 19.1 Å². The fourth-order valence-corrected chi connectivity index (χ4v) is 2.33. The van der Waals surface area contributed by atoms with E-state index in [1.807, 2.05) is 0 Å². The highest BCUT2D eigenvalue weighted by atomic mass is 35.5. The molecule has 0 bridgehead atoms. The third kappa shape index (κ3) is 2.40. The predicted octanol–water partition coefficient (Wildman–Crippen LogP) is 3.03. The standard InChI is InChI=1S/C12H12Cl2FNO/c1-11(7-12(11,13)14)10(17)16-6-8-2-4-9(15)5-3-8/h2-5H,6-7H2,1H3,(H,16,17)/t11-/m0/s1. The summed E-state index contributed by atoms with van der Waals surface area (Å²) >= 11 is 11.8.